The third-order valence-corrected chi connectivity index (χ3v) is 5.43. The number of carbonyl (C=O) groups excluding carboxylic acids is 1. The van der Waals surface area contributed by atoms with Gasteiger partial charge in [0.15, 0.2) is 11.6 Å². The van der Waals surface area contributed by atoms with Crippen molar-refractivity contribution in [3.63, 3.8) is 0 Å². The van der Waals surface area contributed by atoms with Gasteiger partial charge in [-0.15, -0.1) is 0 Å². The van der Waals surface area contributed by atoms with Gasteiger partial charge < -0.3 is 14.5 Å². The molecule has 0 saturated carbocycles. The van der Waals surface area contributed by atoms with Crippen LogP contribution in [0, 0.1) is 0 Å². The van der Waals surface area contributed by atoms with Crippen molar-refractivity contribution in [1.29, 1.82) is 0 Å². The maximum Gasteiger partial charge on any atom is 0.292 e. The predicted octanol–water partition coefficient (Wildman–Crippen LogP) is 6.43. The Balaban J connectivity index is 1.34. The van der Waals surface area contributed by atoms with Crippen molar-refractivity contribution < 1.29 is 13.9 Å². The molecule has 0 fully saturated rings. The highest BCUT2D eigenvalue weighted by atomic mass is 79.9. The molecule has 0 aliphatic heterocycles. The third kappa shape index (κ3) is 5.70. The summed E-state index contributed by atoms with van der Waals surface area (Å²) in [7, 11) is 0. The number of hydrogen-bond acceptors (Lipinski definition) is 4. The average Bonchev–Trinajstić information content (AvgIpc) is 3.39. The first-order chi connectivity index (χ1) is 15.0. The van der Waals surface area contributed by atoms with Gasteiger partial charge in [0.1, 0.15) is 18.1 Å². The minimum absolute atomic E-state index is 0.171. The zero-order valence-electron chi connectivity index (χ0n) is 16.0. The lowest BCUT2D eigenvalue weighted by Gasteiger charge is -2.05. The van der Waals surface area contributed by atoms with Gasteiger partial charge in [-0.05, 0) is 54.1 Å². The zero-order chi connectivity index (χ0) is 21.8. The van der Waals surface area contributed by atoms with Crippen molar-refractivity contribution in [3.8, 4) is 5.75 Å². The zero-order valence-corrected chi connectivity index (χ0v) is 19.1. The molecule has 0 aliphatic rings. The summed E-state index contributed by atoms with van der Waals surface area (Å²) in [6.45, 7) is 0.662. The van der Waals surface area contributed by atoms with Gasteiger partial charge in [0, 0.05) is 26.8 Å². The Bertz CT molecular complexity index is 1200. The van der Waals surface area contributed by atoms with Crippen LogP contribution >= 0.6 is 39.1 Å². The molecule has 9 heteroatoms. The quantitative estimate of drug-likeness (QED) is 0.305. The highest BCUT2D eigenvalue weighted by Gasteiger charge is 2.14. The van der Waals surface area contributed by atoms with Crippen molar-refractivity contribution in [3.05, 3.63) is 98.5 Å². The molecular formula is C22H16BrCl2N3O3. The van der Waals surface area contributed by atoms with Crippen LogP contribution in [0.25, 0.3) is 0 Å². The number of furan rings is 1. The molecule has 4 rings (SSSR count). The second-order valence-corrected chi connectivity index (χ2v) is 8.36. The molecule has 1 N–H and O–H groups in total. The minimum Gasteiger partial charge on any atom is -0.486 e. The van der Waals surface area contributed by atoms with Crippen LogP contribution in [0.5, 0.6) is 5.75 Å². The number of anilines is 1. The molecule has 0 unspecified atom stereocenters. The lowest BCUT2D eigenvalue weighted by Crippen LogP contribution is -2.12. The first-order valence-electron chi connectivity index (χ1n) is 9.22. The maximum atomic E-state index is 12.5. The number of ether oxygens (including phenoxy) is 1. The topological polar surface area (TPSA) is 69.3 Å². The number of halogens is 3. The van der Waals surface area contributed by atoms with Gasteiger partial charge in [0.25, 0.3) is 5.91 Å². The Kier molecular flexibility index (Phi) is 6.65. The molecule has 2 aromatic carbocycles. The number of carbonyl (C=O) groups is 1. The summed E-state index contributed by atoms with van der Waals surface area (Å²) in [6.07, 6.45) is 1.75. The largest absolute Gasteiger partial charge is 0.486 e. The number of rotatable bonds is 7. The van der Waals surface area contributed by atoms with Crippen LogP contribution in [-0.2, 0) is 13.2 Å². The van der Waals surface area contributed by atoms with E-state index in [0.717, 1.165) is 10.0 Å². The first-order valence-corrected chi connectivity index (χ1v) is 10.8. The maximum absolute atomic E-state index is 12.5. The van der Waals surface area contributed by atoms with E-state index in [1.54, 1.807) is 41.2 Å². The lowest BCUT2D eigenvalue weighted by atomic mass is 10.2. The average molecular weight is 521 g/mol. The normalized spacial score (nSPS) is 10.8. The second-order valence-electron chi connectivity index (χ2n) is 6.60. The first kappa shape index (κ1) is 21.5. The molecule has 2 aromatic heterocycles. The Hall–Kier alpha value is -2.74. The van der Waals surface area contributed by atoms with Crippen LogP contribution < -0.4 is 10.1 Å². The number of benzene rings is 2. The summed E-state index contributed by atoms with van der Waals surface area (Å²) in [4.78, 5) is 12.5. The van der Waals surface area contributed by atoms with Crippen LogP contribution in [0.15, 0.2) is 75.8 Å². The molecule has 0 bridgehead atoms. The van der Waals surface area contributed by atoms with Gasteiger partial charge in [-0.1, -0.05) is 45.2 Å². The van der Waals surface area contributed by atoms with E-state index in [1.807, 2.05) is 30.3 Å². The lowest BCUT2D eigenvalue weighted by molar-refractivity contribution is 0.0992. The summed E-state index contributed by atoms with van der Waals surface area (Å²) in [5.41, 5.74) is 0.869. The number of nitrogens with one attached hydrogen (secondary N) is 1. The third-order valence-electron chi connectivity index (χ3n) is 4.31. The molecule has 31 heavy (non-hydrogen) atoms. The van der Waals surface area contributed by atoms with Gasteiger partial charge in [0.05, 0.1) is 6.54 Å². The van der Waals surface area contributed by atoms with Crippen molar-refractivity contribution >= 4 is 50.9 Å². The second kappa shape index (κ2) is 9.60. The van der Waals surface area contributed by atoms with Crippen LogP contribution in [0.1, 0.15) is 21.9 Å². The molecule has 0 atom stereocenters. The minimum atomic E-state index is -0.398. The van der Waals surface area contributed by atoms with Crippen molar-refractivity contribution in [2.24, 2.45) is 0 Å². The van der Waals surface area contributed by atoms with Crippen LogP contribution in [0.3, 0.4) is 0 Å². The number of amides is 1. The summed E-state index contributed by atoms with van der Waals surface area (Å²) in [6, 6.07) is 17.7. The smallest absolute Gasteiger partial charge is 0.292 e. The standard InChI is InChI=1S/C22H16BrCl2N3O3/c23-15-2-5-17(6-3-15)30-13-18-7-8-20(31-18)22(29)26-21-9-10-28(27-21)12-14-1-4-16(24)11-19(14)25/h1-11H,12-13H2,(H,26,27,29). The fourth-order valence-corrected chi connectivity index (χ4v) is 3.51. The van der Waals surface area contributed by atoms with Gasteiger partial charge in [-0.25, -0.2) is 0 Å². The van der Waals surface area contributed by atoms with Gasteiger partial charge in [-0.2, -0.15) is 5.10 Å². The van der Waals surface area contributed by atoms with E-state index in [-0.39, 0.29) is 12.4 Å². The van der Waals surface area contributed by atoms with Gasteiger partial charge in [0.2, 0.25) is 0 Å². The molecule has 0 radical (unpaired) electrons. The van der Waals surface area contributed by atoms with Gasteiger partial charge in [-0.3, -0.25) is 9.48 Å². The SMILES string of the molecule is O=C(Nc1ccn(Cc2ccc(Cl)cc2Cl)n1)c1ccc(COc2ccc(Br)cc2)o1. The van der Waals surface area contributed by atoms with Crippen molar-refractivity contribution in [2.75, 3.05) is 5.32 Å². The number of aromatic nitrogens is 2. The van der Waals surface area contributed by atoms with Crippen LogP contribution in [0.2, 0.25) is 10.0 Å². The molecule has 0 spiro atoms. The molecule has 2 heterocycles. The van der Waals surface area contributed by atoms with E-state index >= 15 is 0 Å². The molecule has 158 valence electrons. The Morgan fingerprint density at radius 3 is 2.68 bits per heavy atom. The highest BCUT2D eigenvalue weighted by Crippen LogP contribution is 2.22. The van der Waals surface area contributed by atoms with Crippen molar-refractivity contribution in [2.45, 2.75) is 13.2 Å². The number of nitrogens with zero attached hydrogens (tertiary/aromatic N) is 2. The van der Waals surface area contributed by atoms with E-state index in [1.165, 1.54) is 0 Å². The van der Waals surface area contributed by atoms with Gasteiger partial charge >= 0.3 is 0 Å². The molecule has 4 aromatic rings. The molecule has 1 amide bonds. The summed E-state index contributed by atoms with van der Waals surface area (Å²) >= 11 is 15.5. The van der Waals surface area contributed by atoms with E-state index in [0.29, 0.717) is 33.9 Å². The van der Waals surface area contributed by atoms with E-state index in [9.17, 15) is 4.79 Å². The molecular weight excluding hydrogens is 505 g/mol. The van der Waals surface area contributed by atoms with Crippen LogP contribution in [-0.4, -0.2) is 15.7 Å². The van der Waals surface area contributed by atoms with Crippen LogP contribution in [0.4, 0.5) is 5.82 Å². The Labute approximate surface area is 196 Å². The summed E-state index contributed by atoms with van der Waals surface area (Å²) in [5, 5.41) is 8.19. The fraction of sp³-hybridized carbons (Fsp3) is 0.0909. The fourth-order valence-electron chi connectivity index (χ4n) is 2.78. The van der Waals surface area contributed by atoms with Crippen molar-refractivity contribution in [1.82, 2.24) is 9.78 Å². The van der Waals surface area contributed by atoms with E-state index < -0.39 is 5.91 Å². The monoisotopic (exact) mass is 519 g/mol. The molecule has 0 saturated heterocycles. The molecule has 0 aliphatic carbocycles. The van der Waals surface area contributed by atoms with E-state index in [2.05, 4.69) is 26.3 Å². The predicted molar refractivity (Wildman–Crippen MR) is 123 cm³/mol. The Morgan fingerprint density at radius 2 is 1.90 bits per heavy atom. The molecule has 6 nitrogen and oxygen atoms in total. The Morgan fingerprint density at radius 1 is 1.10 bits per heavy atom. The summed E-state index contributed by atoms with van der Waals surface area (Å²) in [5.74, 6) is 1.42. The number of hydrogen-bond donors (Lipinski definition) is 1. The highest BCUT2D eigenvalue weighted by molar-refractivity contribution is 9.10. The summed E-state index contributed by atoms with van der Waals surface area (Å²) < 4.78 is 13.9. The van der Waals surface area contributed by atoms with E-state index in [4.69, 9.17) is 32.4 Å².